The molecule has 0 unspecified atom stereocenters. The number of hydrogen-bond acceptors (Lipinski definition) is 5. The molecule has 0 N–H and O–H groups in total. The highest BCUT2D eigenvalue weighted by molar-refractivity contribution is 14.1. The minimum atomic E-state index is -0.835. The van der Waals surface area contributed by atoms with Crippen molar-refractivity contribution >= 4 is 34.5 Å². The summed E-state index contributed by atoms with van der Waals surface area (Å²) in [4.78, 5) is 22.3. The molecule has 0 bridgehead atoms. The fourth-order valence-corrected chi connectivity index (χ4v) is 2.22. The van der Waals surface area contributed by atoms with Crippen molar-refractivity contribution in [2.75, 3.05) is 13.2 Å². The van der Waals surface area contributed by atoms with Gasteiger partial charge in [-0.3, -0.25) is 4.79 Å². The van der Waals surface area contributed by atoms with Crippen molar-refractivity contribution in [3.63, 3.8) is 0 Å². The highest BCUT2D eigenvalue weighted by Crippen LogP contribution is 2.32. The highest BCUT2D eigenvalue weighted by atomic mass is 127. The number of esters is 2. The molecule has 0 saturated heterocycles. The molecule has 0 aromatic heterocycles. The normalized spacial score (nSPS) is 17.6. The maximum atomic E-state index is 11.2. The summed E-state index contributed by atoms with van der Waals surface area (Å²) in [6.07, 6.45) is 4.45. The standard InChI is InChI=1S/C13H19IO5/c1-10(14)12(16)17-8-9-18-13(19-11(2)15)6-4-3-5-7-13/h1,3-9H2,2H3. The van der Waals surface area contributed by atoms with Crippen LogP contribution in [0, 0.1) is 0 Å². The van der Waals surface area contributed by atoms with E-state index in [0.717, 1.165) is 19.3 Å². The summed E-state index contributed by atoms with van der Waals surface area (Å²) in [6.45, 7) is 5.19. The molecule has 108 valence electrons. The molecule has 0 aromatic carbocycles. The van der Waals surface area contributed by atoms with E-state index >= 15 is 0 Å². The van der Waals surface area contributed by atoms with E-state index in [4.69, 9.17) is 14.2 Å². The van der Waals surface area contributed by atoms with Crippen LogP contribution in [0.25, 0.3) is 0 Å². The summed E-state index contributed by atoms with van der Waals surface area (Å²) in [5.41, 5.74) is 0. The number of carbonyl (C=O) groups excluding carboxylic acids is 2. The zero-order valence-corrected chi connectivity index (χ0v) is 13.2. The Kier molecular flexibility index (Phi) is 6.78. The van der Waals surface area contributed by atoms with Crippen LogP contribution < -0.4 is 0 Å². The Morgan fingerprint density at radius 1 is 1.21 bits per heavy atom. The molecular weight excluding hydrogens is 363 g/mol. The molecule has 1 saturated carbocycles. The molecule has 0 radical (unpaired) electrons. The molecule has 1 aliphatic rings. The van der Waals surface area contributed by atoms with Crippen LogP contribution in [0.15, 0.2) is 10.2 Å². The van der Waals surface area contributed by atoms with Gasteiger partial charge in [-0.15, -0.1) is 0 Å². The molecule has 1 rings (SSSR count). The Balaban J connectivity index is 2.39. The summed E-state index contributed by atoms with van der Waals surface area (Å²) in [6, 6.07) is 0. The highest BCUT2D eigenvalue weighted by Gasteiger charge is 2.36. The van der Waals surface area contributed by atoms with Crippen molar-refractivity contribution in [3.8, 4) is 0 Å². The van der Waals surface area contributed by atoms with Crippen molar-refractivity contribution in [3.05, 3.63) is 10.2 Å². The van der Waals surface area contributed by atoms with Crippen molar-refractivity contribution in [1.82, 2.24) is 0 Å². The van der Waals surface area contributed by atoms with Crippen LogP contribution in [0.2, 0.25) is 0 Å². The van der Waals surface area contributed by atoms with Crippen LogP contribution in [0.1, 0.15) is 39.0 Å². The lowest BCUT2D eigenvalue weighted by Crippen LogP contribution is -2.40. The maximum Gasteiger partial charge on any atom is 0.343 e. The largest absolute Gasteiger partial charge is 0.459 e. The molecule has 0 atom stereocenters. The van der Waals surface area contributed by atoms with Gasteiger partial charge in [-0.05, 0) is 35.4 Å². The molecule has 5 nitrogen and oxygen atoms in total. The van der Waals surface area contributed by atoms with Gasteiger partial charge >= 0.3 is 11.9 Å². The van der Waals surface area contributed by atoms with Gasteiger partial charge in [0.15, 0.2) is 0 Å². The molecule has 0 heterocycles. The first-order valence-electron chi connectivity index (χ1n) is 6.30. The van der Waals surface area contributed by atoms with E-state index in [2.05, 4.69) is 6.58 Å². The molecule has 0 spiro atoms. The van der Waals surface area contributed by atoms with Crippen molar-refractivity contribution < 1.29 is 23.8 Å². The van der Waals surface area contributed by atoms with Crippen molar-refractivity contribution in [2.45, 2.75) is 44.8 Å². The third-order valence-corrected chi connectivity index (χ3v) is 3.29. The van der Waals surface area contributed by atoms with Gasteiger partial charge in [-0.2, -0.15) is 0 Å². The predicted molar refractivity (Wildman–Crippen MR) is 77.7 cm³/mol. The van der Waals surface area contributed by atoms with Crippen molar-refractivity contribution in [1.29, 1.82) is 0 Å². The maximum absolute atomic E-state index is 11.2. The first-order valence-corrected chi connectivity index (χ1v) is 7.38. The van der Waals surface area contributed by atoms with Crippen LogP contribution >= 0.6 is 22.6 Å². The average Bonchev–Trinajstić information content (AvgIpc) is 2.34. The van der Waals surface area contributed by atoms with E-state index in [1.165, 1.54) is 6.92 Å². The van der Waals surface area contributed by atoms with Crippen LogP contribution in [0.5, 0.6) is 0 Å². The zero-order valence-electron chi connectivity index (χ0n) is 11.1. The fraction of sp³-hybridized carbons (Fsp3) is 0.692. The third kappa shape index (κ3) is 5.90. The molecular formula is C13H19IO5. The first kappa shape index (κ1) is 16.4. The van der Waals surface area contributed by atoms with Gasteiger partial charge in [-0.1, -0.05) is 13.0 Å². The summed E-state index contributed by atoms with van der Waals surface area (Å²) in [5.74, 6) is -1.63. The zero-order chi connectivity index (χ0) is 14.3. The Labute approximate surface area is 126 Å². The molecule has 1 aliphatic carbocycles. The van der Waals surface area contributed by atoms with Gasteiger partial charge in [0, 0.05) is 19.8 Å². The predicted octanol–water partition coefficient (Wildman–Crippen LogP) is 2.72. The lowest BCUT2D eigenvalue weighted by atomic mass is 9.94. The Morgan fingerprint density at radius 3 is 2.37 bits per heavy atom. The van der Waals surface area contributed by atoms with E-state index in [1.54, 1.807) is 22.6 Å². The second-order valence-corrected chi connectivity index (χ2v) is 5.76. The first-order chi connectivity index (χ1) is 8.95. The molecule has 6 heteroatoms. The van der Waals surface area contributed by atoms with E-state index in [-0.39, 0.29) is 19.2 Å². The van der Waals surface area contributed by atoms with Gasteiger partial charge in [0.2, 0.25) is 5.79 Å². The summed E-state index contributed by atoms with van der Waals surface area (Å²) < 4.78 is 16.2. The summed E-state index contributed by atoms with van der Waals surface area (Å²) in [7, 11) is 0. The molecule has 0 amide bonds. The topological polar surface area (TPSA) is 61.8 Å². The minimum Gasteiger partial charge on any atom is -0.459 e. The Morgan fingerprint density at radius 2 is 1.84 bits per heavy atom. The lowest BCUT2D eigenvalue weighted by molar-refractivity contribution is -0.245. The van der Waals surface area contributed by atoms with Gasteiger partial charge in [0.1, 0.15) is 6.61 Å². The van der Waals surface area contributed by atoms with Gasteiger partial charge in [0.25, 0.3) is 0 Å². The molecule has 1 fully saturated rings. The Hall–Kier alpha value is -0.630. The quantitative estimate of drug-likeness (QED) is 0.232. The number of halogens is 1. The monoisotopic (exact) mass is 382 g/mol. The van der Waals surface area contributed by atoms with E-state index in [0.29, 0.717) is 16.4 Å². The number of ether oxygens (including phenoxy) is 3. The van der Waals surface area contributed by atoms with Gasteiger partial charge in [0.05, 0.1) is 10.2 Å². The second kappa shape index (κ2) is 7.84. The van der Waals surface area contributed by atoms with Crippen LogP contribution in [-0.2, 0) is 23.8 Å². The smallest absolute Gasteiger partial charge is 0.343 e. The third-order valence-electron chi connectivity index (χ3n) is 2.85. The fourth-order valence-electron chi connectivity index (χ4n) is 2.07. The number of rotatable bonds is 6. The lowest BCUT2D eigenvalue weighted by Gasteiger charge is -2.35. The van der Waals surface area contributed by atoms with Crippen LogP contribution in [0.3, 0.4) is 0 Å². The van der Waals surface area contributed by atoms with Crippen LogP contribution in [-0.4, -0.2) is 30.9 Å². The number of hydrogen-bond donors (Lipinski definition) is 0. The minimum absolute atomic E-state index is 0.129. The molecule has 19 heavy (non-hydrogen) atoms. The van der Waals surface area contributed by atoms with Crippen LogP contribution in [0.4, 0.5) is 0 Å². The van der Waals surface area contributed by atoms with E-state index < -0.39 is 11.8 Å². The van der Waals surface area contributed by atoms with Gasteiger partial charge in [-0.25, -0.2) is 4.79 Å². The van der Waals surface area contributed by atoms with Crippen molar-refractivity contribution in [2.24, 2.45) is 0 Å². The van der Waals surface area contributed by atoms with E-state index in [9.17, 15) is 9.59 Å². The second-order valence-electron chi connectivity index (χ2n) is 4.45. The molecule has 0 aromatic rings. The summed E-state index contributed by atoms with van der Waals surface area (Å²) in [5, 5.41) is 0. The SMILES string of the molecule is C=C(I)C(=O)OCCOC1(OC(C)=O)CCCCC1. The number of carbonyl (C=O) groups is 2. The average molecular weight is 382 g/mol. The van der Waals surface area contributed by atoms with E-state index in [1.807, 2.05) is 0 Å². The molecule has 0 aliphatic heterocycles. The van der Waals surface area contributed by atoms with Gasteiger partial charge < -0.3 is 14.2 Å². The summed E-state index contributed by atoms with van der Waals surface area (Å²) >= 11 is 1.80. The Bertz CT molecular complexity index is 347.